The number of nitrogens with zero attached hydrogens (tertiary/aromatic N) is 1. The van der Waals surface area contributed by atoms with E-state index < -0.39 is 0 Å². The maximum Gasteiger partial charge on any atom is 0.240 e. The van der Waals surface area contributed by atoms with Crippen LogP contribution in [0.2, 0.25) is 0 Å². The molecule has 0 aliphatic carbocycles. The van der Waals surface area contributed by atoms with Crippen LogP contribution in [0.1, 0.15) is 43.5 Å². The van der Waals surface area contributed by atoms with E-state index in [-0.39, 0.29) is 23.8 Å². The van der Waals surface area contributed by atoms with E-state index in [0.717, 1.165) is 34.5 Å². The van der Waals surface area contributed by atoms with E-state index in [1.807, 2.05) is 60.9 Å². The molecule has 0 unspecified atom stereocenters. The fourth-order valence-electron chi connectivity index (χ4n) is 3.64. The number of nitrogens with one attached hydrogen (secondary N) is 1. The van der Waals surface area contributed by atoms with Gasteiger partial charge in [-0.3, -0.25) is 9.59 Å². The highest BCUT2D eigenvalue weighted by molar-refractivity contribution is 5.85. The van der Waals surface area contributed by atoms with Crippen LogP contribution in [0, 0.1) is 0 Å². The molecule has 0 aliphatic heterocycles. The van der Waals surface area contributed by atoms with Crippen molar-refractivity contribution in [3.63, 3.8) is 0 Å². The zero-order chi connectivity index (χ0) is 21.0. The molecule has 0 spiro atoms. The van der Waals surface area contributed by atoms with Gasteiger partial charge < -0.3 is 14.6 Å². The Kier molecular flexibility index (Phi) is 6.37. The number of aryl methyl sites for hydroxylation is 1. The van der Waals surface area contributed by atoms with Gasteiger partial charge >= 0.3 is 0 Å². The van der Waals surface area contributed by atoms with Gasteiger partial charge in [0.1, 0.15) is 12.3 Å². The molecule has 0 fully saturated rings. The van der Waals surface area contributed by atoms with Crippen molar-refractivity contribution >= 4 is 16.8 Å². The number of ether oxygens (including phenoxy) is 1. The van der Waals surface area contributed by atoms with Gasteiger partial charge in [-0.25, -0.2) is 0 Å². The standard InChI is InChI=1S/C24H28N2O3/c1-5-18-9-7-11-20-22(27)13-21(16(2)3)26(24(18)20)15-23(28)25-14-17-8-6-10-19(12-17)29-4/h6-13,16H,5,14-15H2,1-4H3,(H,25,28). The maximum absolute atomic E-state index is 12.8. The van der Waals surface area contributed by atoms with Crippen molar-refractivity contribution in [1.82, 2.24) is 9.88 Å². The van der Waals surface area contributed by atoms with Gasteiger partial charge in [0.25, 0.3) is 0 Å². The molecule has 1 N–H and O–H groups in total. The van der Waals surface area contributed by atoms with Gasteiger partial charge in [-0.2, -0.15) is 0 Å². The molecule has 3 rings (SSSR count). The number of aromatic nitrogens is 1. The van der Waals surface area contributed by atoms with Gasteiger partial charge in [0.05, 0.1) is 12.6 Å². The third-order valence-corrected chi connectivity index (χ3v) is 5.14. The second kappa shape index (κ2) is 8.95. The minimum atomic E-state index is -0.0921. The first-order chi connectivity index (χ1) is 13.9. The molecule has 1 heterocycles. The van der Waals surface area contributed by atoms with E-state index in [9.17, 15) is 9.59 Å². The highest BCUT2D eigenvalue weighted by Gasteiger charge is 2.16. The van der Waals surface area contributed by atoms with Gasteiger partial charge in [-0.05, 0) is 41.7 Å². The molecule has 1 amide bonds. The van der Waals surface area contributed by atoms with Crippen LogP contribution < -0.4 is 15.5 Å². The Morgan fingerprint density at radius 3 is 2.59 bits per heavy atom. The molecule has 0 saturated heterocycles. The minimum absolute atomic E-state index is 0.00652. The quantitative estimate of drug-likeness (QED) is 0.661. The van der Waals surface area contributed by atoms with Crippen molar-refractivity contribution in [2.24, 2.45) is 0 Å². The molecule has 0 bridgehead atoms. The highest BCUT2D eigenvalue weighted by Crippen LogP contribution is 2.23. The summed E-state index contributed by atoms with van der Waals surface area (Å²) in [6, 6.07) is 15.1. The fraction of sp³-hybridized carbons (Fsp3) is 0.333. The number of amides is 1. The Hall–Kier alpha value is -3.08. The van der Waals surface area contributed by atoms with Gasteiger partial charge in [0.2, 0.25) is 5.91 Å². The molecule has 1 aromatic heterocycles. The topological polar surface area (TPSA) is 60.3 Å². The van der Waals surface area contributed by atoms with Crippen LogP contribution in [0.15, 0.2) is 53.3 Å². The second-order valence-electron chi connectivity index (χ2n) is 7.47. The molecule has 0 atom stereocenters. The average molecular weight is 392 g/mol. The first-order valence-electron chi connectivity index (χ1n) is 9.99. The summed E-state index contributed by atoms with van der Waals surface area (Å²) in [5.41, 5.74) is 3.79. The number of rotatable bonds is 7. The molecule has 0 radical (unpaired) electrons. The van der Waals surface area contributed by atoms with E-state index in [4.69, 9.17) is 4.74 Å². The van der Waals surface area contributed by atoms with Crippen molar-refractivity contribution in [2.45, 2.75) is 46.2 Å². The predicted octanol–water partition coefficient (Wildman–Crippen LogP) is 4.01. The van der Waals surface area contributed by atoms with Gasteiger partial charge in [0, 0.05) is 23.7 Å². The first-order valence-corrected chi connectivity index (χ1v) is 9.99. The number of pyridine rings is 1. The fourth-order valence-corrected chi connectivity index (χ4v) is 3.64. The molecular formula is C24H28N2O3. The number of para-hydroxylation sites is 1. The first kappa shape index (κ1) is 20.6. The lowest BCUT2D eigenvalue weighted by molar-refractivity contribution is -0.121. The number of methoxy groups -OCH3 is 1. The summed E-state index contributed by atoms with van der Waals surface area (Å²) in [7, 11) is 1.62. The van der Waals surface area contributed by atoms with Crippen molar-refractivity contribution in [3.05, 3.63) is 75.6 Å². The van der Waals surface area contributed by atoms with Gasteiger partial charge in [-0.1, -0.05) is 45.0 Å². The van der Waals surface area contributed by atoms with E-state index in [1.165, 1.54) is 0 Å². The number of carbonyl (C=O) groups is 1. The zero-order valence-corrected chi connectivity index (χ0v) is 17.5. The minimum Gasteiger partial charge on any atom is -0.497 e. The average Bonchev–Trinajstić information content (AvgIpc) is 2.73. The molecule has 0 aliphatic rings. The van der Waals surface area contributed by atoms with Crippen LogP contribution in [0.5, 0.6) is 5.75 Å². The largest absolute Gasteiger partial charge is 0.497 e. The third kappa shape index (κ3) is 4.50. The maximum atomic E-state index is 12.8. The number of fused-ring (bicyclic) bond motifs is 1. The zero-order valence-electron chi connectivity index (χ0n) is 17.5. The van der Waals surface area contributed by atoms with Crippen molar-refractivity contribution in [1.29, 1.82) is 0 Å². The SMILES string of the molecule is CCc1cccc2c(=O)cc(C(C)C)n(CC(=O)NCc3cccc(OC)c3)c12. The van der Waals surface area contributed by atoms with Gasteiger partial charge in [0.15, 0.2) is 5.43 Å². The Morgan fingerprint density at radius 1 is 1.14 bits per heavy atom. The number of hydrogen-bond donors (Lipinski definition) is 1. The summed E-state index contributed by atoms with van der Waals surface area (Å²) in [5.74, 6) is 0.798. The van der Waals surface area contributed by atoms with E-state index in [2.05, 4.69) is 12.2 Å². The Morgan fingerprint density at radius 2 is 1.90 bits per heavy atom. The van der Waals surface area contributed by atoms with Crippen molar-refractivity contribution in [3.8, 4) is 5.75 Å². The number of benzene rings is 2. The second-order valence-corrected chi connectivity index (χ2v) is 7.47. The number of hydrogen-bond acceptors (Lipinski definition) is 3. The summed E-state index contributed by atoms with van der Waals surface area (Å²) in [5, 5.41) is 3.65. The summed E-state index contributed by atoms with van der Waals surface area (Å²) in [6.07, 6.45) is 0.795. The molecule has 2 aromatic carbocycles. The van der Waals surface area contributed by atoms with Crippen LogP contribution in [-0.4, -0.2) is 17.6 Å². The smallest absolute Gasteiger partial charge is 0.240 e. The highest BCUT2D eigenvalue weighted by atomic mass is 16.5. The molecule has 152 valence electrons. The van der Waals surface area contributed by atoms with Crippen LogP contribution in [0.25, 0.3) is 10.9 Å². The summed E-state index contributed by atoms with van der Waals surface area (Å²) in [4.78, 5) is 25.5. The van der Waals surface area contributed by atoms with Crippen LogP contribution in [0.4, 0.5) is 0 Å². The molecule has 5 heteroatoms. The monoisotopic (exact) mass is 392 g/mol. The lowest BCUT2D eigenvalue weighted by Crippen LogP contribution is -2.29. The molecule has 29 heavy (non-hydrogen) atoms. The van der Waals surface area contributed by atoms with E-state index in [0.29, 0.717) is 11.9 Å². The summed E-state index contributed by atoms with van der Waals surface area (Å²) in [6.45, 7) is 6.74. The molecular weight excluding hydrogens is 364 g/mol. The van der Waals surface area contributed by atoms with Crippen LogP contribution in [0.3, 0.4) is 0 Å². The Balaban J connectivity index is 1.93. The summed E-state index contributed by atoms with van der Waals surface area (Å²) >= 11 is 0. The predicted molar refractivity (Wildman–Crippen MR) is 117 cm³/mol. The Labute approximate surface area is 171 Å². The Bertz CT molecular complexity index is 1080. The lowest BCUT2D eigenvalue weighted by atomic mass is 10.0. The molecule has 5 nitrogen and oxygen atoms in total. The molecule has 0 saturated carbocycles. The normalized spacial score (nSPS) is 11.1. The third-order valence-electron chi connectivity index (χ3n) is 5.14. The van der Waals surface area contributed by atoms with Crippen molar-refractivity contribution < 1.29 is 9.53 Å². The van der Waals surface area contributed by atoms with Crippen LogP contribution in [-0.2, 0) is 24.3 Å². The van der Waals surface area contributed by atoms with E-state index >= 15 is 0 Å². The van der Waals surface area contributed by atoms with Crippen molar-refractivity contribution in [2.75, 3.05) is 7.11 Å². The van der Waals surface area contributed by atoms with E-state index in [1.54, 1.807) is 13.2 Å². The van der Waals surface area contributed by atoms with Gasteiger partial charge in [-0.15, -0.1) is 0 Å². The lowest BCUT2D eigenvalue weighted by Gasteiger charge is -2.21. The van der Waals surface area contributed by atoms with Crippen LogP contribution >= 0.6 is 0 Å². The summed E-state index contributed by atoms with van der Waals surface area (Å²) < 4.78 is 7.24. The number of carbonyl (C=O) groups excluding carboxylic acids is 1. The molecule has 3 aromatic rings.